The number of phenolic OH excluding ortho intramolecular Hbond substituents is 1. The van der Waals surface area contributed by atoms with E-state index in [1.807, 2.05) is 6.92 Å². The Hall–Kier alpha value is -2.01. The first-order valence-electron chi connectivity index (χ1n) is 5.43. The number of carbonyl (C=O) groups is 1. The number of nitrogens with one attached hydrogen (secondary N) is 1. The molecular weight excluding hydrogens is 254 g/mol. The van der Waals surface area contributed by atoms with Gasteiger partial charge in [0, 0.05) is 17.8 Å². The zero-order valence-electron chi connectivity index (χ0n) is 9.72. The van der Waals surface area contributed by atoms with Crippen molar-refractivity contribution in [1.29, 1.82) is 0 Å². The Labute approximate surface area is 109 Å². The smallest absolute Gasteiger partial charge is 0.274 e. The first-order chi connectivity index (χ1) is 8.61. The molecule has 0 radical (unpaired) electrons. The highest BCUT2D eigenvalue weighted by Gasteiger charge is 2.13. The lowest BCUT2D eigenvalue weighted by molar-refractivity contribution is 0.101. The van der Waals surface area contributed by atoms with Gasteiger partial charge in [0.1, 0.15) is 11.4 Å². The lowest BCUT2D eigenvalue weighted by Gasteiger charge is -2.08. The van der Waals surface area contributed by atoms with Gasteiger partial charge in [0.15, 0.2) is 0 Å². The normalized spacial score (nSPS) is 10.3. The number of halogens is 1. The molecule has 0 spiro atoms. The van der Waals surface area contributed by atoms with Crippen LogP contribution in [0.1, 0.15) is 17.4 Å². The number of benzene rings is 1. The van der Waals surface area contributed by atoms with Gasteiger partial charge in [-0.25, -0.2) is 0 Å². The number of rotatable bonds is 3. The Morgan fingerprint density at radius 1 is 1.50 bits per heavy atom. The van der Waals surface area contributed by atoms with Crippen molar-refractivity contribution < 1.29 is 9.90 Å². The molecule has 0 aliphatic rings. The molecule has 0 aliphatic carbocycles. The Morgan fingerprint density at radius 2 is 2.28 bits per heavy atom. The van der Waals surface area contributed by atoms with E-state index in [0.717, 1.165) is 0 Å². The fourth-order valence-corrected chi connectivity index (χ4v) is 1.74. The summed E-state index contributed by atoms with van der Waals surface area (Å²) in [6, 6.07) is 6.07. The van der Waals surface area contributed by atoms with Gasteiger partial charge in [-0.1, -0.05) is 11.6 Å². The second-order valence-corrected chi connectivity index (χ2v) is 4.08. The monoisotopic (exact) mass is 265 g/mol. The molecule has 5 nitrogen and oxygen atoms in total. The van der Waals surface area contributed by atoms with Crippen LogP contribution in [0.15, 0.2) is 30.5 Å². The molecular formula is C12H12ClN3O2. The summed E-state index contributed by atoms with van der Waals surface area (Å²) >= 11 is 5.80. The number of carbonyl (C=O) groups excluding carboxylic acids is 1. The number of phenols is 1. The van der Waals surface area contributed by atoms with E-state index in [2.05, 4.69) is 10.4 Å². The second-order valence-electron chi connectivity index (χ2n) is 3.65. The Kier molecular flexibility index (Phi) is 3.53. The van der Waals surface area contributed by atoms with E-state index in [4.69, 9.17) is 11.6 Å². The number of anilines is 1. The third-order valence-corrected chi connectivity index (χ3v) is 2.69. The van der Waals surface area contributed by atoms with Crippen LogP contribution in [0.4, 0.5) is 5.69 Å². The first-order valence-corrected chi connectivity index (χ1v) is 5.81. The van der Waals surface area contributed by atoms with E-state index in [9.17, 15) is 9.90 Å². The van der Waals surface area contributed by atoms with E-state index < -0.39 is 0 Å². The van der Waals surface area contributed by atoms with E-state index in [-0.39, 0.29) is 17.3 Å². The Morgan fingerprint density at radius 3 is 3.00 bits per heavy atom. The van der Waals surface area contributed by atoms with E-state index in [1.165, 1.54) is 12.1 Å². The van der Waals surface area contributed by atoms with Gasteiger partial charge >= 0.3 is 0 Å². The molecule has 0 aliphatic heterocycles. The molecule has 1 heterocycles. The van der Waals surface area contributed by atoms with Gasteiger partial charge in [-0.2, -0.15) is 5.10 Å². The molecule has 0 atom stereocenters. The molecule has 0 bridgehead atoms. The average Bonchev–Trinajstić information content (AvgIpc) is 2.82. The van der Waals surface area contributed by atoms with Gasteiger partial charge in [-0.3, -0.25) is 9.48 Å². The van der Waals surface area contributed by atoms with Crippen LogP contribution in [-0.2, 0) is 6.54 Å². The molecule has 1 aromatic carbocycles. The van der Waals surface area contributed by atoms with Crippen LogP contribution < -0.4 is 5.32 Å². The molecule has 2 N–H and O–H groups in total. The SMILES string of the molecule is CCn1nccc1C(=O)Nc1cc(Cl)ccc1O. The number of nitrogens with zero attached hydrogens (tertiary/aromatic N) is 2. The quantitative estimate of drug-likeness (QED) is 0.838. The van der Waals surface area contributed by atoms with Gasteiger partial charge in [0.05, 0.1) is 5.69 Å². The molecule has 1 amide bonds. The molecule has 2 rings (SSSR count). The zero-order chi connectivity index (χ0) is 13.1. The summed E-state index contributed by atoms with van der Waals surface area (Å²) in [4.78, 5) is 12.0. The van der Waals surface area contributed by atoms with Crippen molar-refractivity contribution in [3.8, 4) is 5.75 Å². The Bertz CT molecular complexity index is 580. The highest BCUT2D eigenvalue weighted by atomic mass is 35.5. The zero-order valence-corrected chi connectivity index (χ0v) is 10.5. The summed E-state index contributed by atoms with van der Waals surface area (Å²) < 4.78 is 1.57. The predicted molar refractivity (Wildman–Crippen MR) is 69.0 cm³/mol. The number of aryl methyl sites for hydroxylation is 1. The maximum atomic E-state index is 12.0. The van der Waals surface area contributed by atoms with Crippen molar-refractivity contribution in [3.63, 3.8) is 0 Å². The second kappa shape index (κ2) is 5.10. The highest BCUT2D eigenvalue weighted by molar-refractivity contribution is 6.31. The maximum absolute atomic E-state index is 12.0. The van der Waals surface area contributed by atoms with Crippen LogP contribution in [0.5, 0.6) is 5.75 Å². The molecule has 0 fully saturated rings. The predicted octanol–water partition coefficient (Wildman–Crippen LogP) is 2.51. The summed E-state index contributed by atoms with van der Waals surface area (Å²) in [7, 11) is 0. The van der Waals surface area contributed by atoms with E-state index in [1.54, 1.807) is 23.0 Å². The minimum atomic E-state index is -0.341. The van der Waals surface area contributed by atoms with E-state index >= 15 is 0 Å². The molecule has 1 aromatic heterocycles. The van der Waals surface area contributed by atoms with Gasteiger partial charge in [0.25, 0.3) is 5.91 Å². The molecule has 18 heavy (non-hydrogen) atoms. The number of aromatic hydroxyl groups is 1. The number of hydrogen-bond donors (Lipinski definition) is 2. The third kappa shape index (κ3) is 2.46. The van der Waals surface area contributed by atoms with Crippen LogP contribution in [0.25, 0.3) is 0 Å². The first kappa shape index (κ1) is 12.4. The molecule has 2 aromatic rings. The van der Waals surface area contributed by atoms with Crippen LogP contribution in [0.3, 0.4) is 0 Å². The molecule has 0 saturated heterocycles. The topological polar surface area (TPSA) is 67.2 Å². The lowest BCUT2D eigenvalue weighted by atomic mass is 10.3. The summed E-state index contributed by atoms with van der Waals surface area (Å²) in [5.41, 5.74) is 0.702. The minimum absolute atomic E-state index is 0.0321. The van der Waals surface area contributed by atoms with Gasteiger partial charge in [0.2, 0.25) is 0 Å². The van der Waals surface area contributed by atoms with Gasteiger partial charge in [-0.05, 0) is 31.2 Å². The van der Waals surface area contributed by atoms with Crippen LogP contribution >= 0.6 is 11.6 Å². The van der Waals surface area contributed by atoms with E-state index in [0.29, 0.717) is 17.3 Å². The molecule has 0 saturated carbocycles. The van der Waals surface area contributed by atoms with Crippen LogP contribution in [0.2, 0.25) is 5.02 Å². The summed E-state index contributed by atoms with van der Waals surface area (Å²) in [6.45, 7) is 2.48. The molecule has 0 unspecified atom stereocenters. The number of hydrogen-bond acceptors (Lipinski definition) is 3. The number of aromatic nitrogens is 2. The Balaban J connectivity index is 2.24. The summed E-state index contributed by atoms with van der Waals surface area (Å²) in [5, 5.41) is 16.6. The highest BCUT2D eigenvalue weighted by Crippen LogP contribution is 2.26. The van der Waals surface area contributed by atoms with Crippen LogP contribution in [-0.4, -0.2) is 20.8 Å². The lowest BCUT2D eigenvalue weighted by Crippen LogP contribution is -2.17. The van der Waals surface area contributed by atoms with Crippen molar-refractivity contribution in [2.45, 2.75) is 13.5 Å². The molecule has 6 heteroatoms. The van der Waals surface area contributed by atoms with Crippen molar-refractivity contribution in [3.05, 3.63) is 41.2 Å². The maximum Gasteiger partial charge on any atom is 0.274 e. The fourth-order valence-electron chi connectivity index (χ4n) is 1.57. The summed E-state index contributed by atoms with van der Waals surface area (Å²) in [5.74, 6) is -0.373. The fraction of sp³-hybridized carbons (Fsp3) is 0.167. The van der Waals surface area contributed by atoms with Crippen molar-refractivity contribution in [1.82, 2.24) is 9.78 Å². The summed E-state index contributed by atoms with van der Waals surface area (Å²) in [6.07, 6.45) is 1.55. The largest absolute Gasteiger partial charge is 0.506 e. The molecule has 94 valence electrons. The van der Waals surface area contributed by atoms with Crippen molar-refractivity contribution >= 4 is 23.2 Å². The van der Waals surface area contributed by atoms with Crippen molar-refractivity contribution in [2.75, 3.05) is 5.32 Å². The van der Waals surface area contributed by atoms with Crippen molar-refractivity contribution in [2.24, 2.45) is 0 Å². The average molecular weight is 266 g/mol. The van der Waals surface area contributed by atoms with Crippen LogP contribution in [0, 0.1) is 0 Å². The third-order valence-electron chi connectivity index (χ3n) is 2.46. The number of amides is 1. The van der Waals surface area contributed by atoms with Gasteiger partial charge in [-0.15, -0.1) is 0 Å². The van der Waals surface area contributed by atoms with Gasteiger partial charge < -0.3 is 10.4 Å². The standard InChI is InChI=1S/C12H12ClN3O2/c1-2-16-10(5-6-14-16)12(18)15-9-7-8(13)3-4-11(9)17/h3-7,17H,2H2,1H3,(H,15,18). The minimum Gasteiger partial charge on any atom is -0.506 e.